The van der Waals surface area contributed by atoms with Crippen molar-refractivity contribution in [3.05, 3.63) is 25.3 Å². The quantitative estimate of drug-likeness (QED) is 0.671. The van der Waals surface area contributed by atoms with Crippen molar-refractivity contribution in [1.82, 2.24) is 9.80 Å². The van der Waals surface area contributed by atoms with E-state index in [1.54, 1.807) is 25.7 Å². The molecule has 0 bridgehead atoms. The summed E-state index contributed by atoms with van der Waals surface area (Å²) in [6.07, 6.45) is -1.49. The Bertz CT molecular complexity index is 623. The number of likely N-dealkylation sites (tertiary alicyclic amines) is 1. The molecule has 0 unspecified atom stereocenters. The number of carbonyl (C=O) groups excluding carboxylic acids is 2. The van der Waals surface area contributed by atoms with Crippen LogP contribution in [0.5, 0.6) is 0 Å². The predicted octanol–water partition coefficient (Wildman–Crippen LogP) is 3.91. The van der Waals surface area contributed by atoms with Gasteiger partial charge in [-0.25, -0.2) is 4.79 Å². The highest BCUT2D eigenvalue weighted by atomic mass is 19.4. The summed E-state index contributed by atoms with van der Waals surface area (Å²) in [5.41, 5.74) is -1.82. The molecule has 0 aromatic carbocycles. The summed E-state index contributed by atoms with van der Waals surface area (Å²) >= 11 is 0. The van der Waals surface area contributed by atoms with Gasteiger partial charge in [0.2, 0.25) is 0 Å². The molecule has 1 saturated heterocycles. The average Bonchev–Trinajstić information content (AvgIpc) is 2.42. The van der Waals surface area contributed by atoms with Gasteiger partial charge in [-0.2, -0.15) is 13.2 Å². The first-order valence-corrected chi connectivity index (χ1v) is 8.86. The van der Waals surface area contributed by atoms with Crippen molar-refractivity contribution in [3.8, 4) is 0 Å². The lowest BCUT2D eigenvalue weighted by atomic mass is 9.52. The minimum atomic E-state index is -4.94. The minimum Gasteiger partial charge on any atom is -0.444 e. The third-order valence-corrected chi connectivity index (χ3v) is 5.01. The number of nitrogens with zero attached hydrogens (tertiary/aromatic N) is 2. The third kappa shape index (κ3) is 4.30. The molecule has 1 heterocycles. The summed E-state index contributed by atoms with van der Waals surface area (Å²) in [6.45, 7) is 13.1. The number of rotatable bonds is 5. The minimum absolute atomic E-state index is 0.182. The first-order valence-electron chi connectivity index (χ1n) is 8.86. The van der Waals surface area contributed by atoms with Gasteiger partial charge in [-0.3, -0.25) is 4.79 Å². The second kappa shape index (κ2) is 6.87. The fourth-order valence-corrected chi connectivity index (χ4v) is 4.28. The SMILES string of the molecule is C=CCN(C(=O)C(F)(F)F)C1(CC=C)CC2(CN(C(=O)OC(C)(C)C)C2)C1. The second-order valence-corrected chi connectivity index (χ2v) is 8.61. The largest absolute Gasteiger partial charge is 0.471 e. The summed E-state index contributed by atoms with van der Waals surface area (Å²) in [7, 11) is 0. The highest BCUT2D eigenvalue weighted by molar-refractivity contribution is 5.83. The Morgan fingerprint density at radius 2 is 1.70 bits per heavy atom. The molecule has 8 heteroatoms. The molecule has 0 atom stereocenters. The van der Waals surface area contributed by atoms with E-state index in [1.807, 2.05) is 0 Å². The highest BCUT2D eigenvalue weighted by Gasteiger charge is 2.64. The van der Waals surface area contributed by atoms with Gasteiger partial charge in [0.25, 0.3) is 0 Å². The van der Waals surface area contributed by atoms with Gasteiger partial charge < -0.3 is 14.5 Å². The Morgan fingerprint density at radius 1 is 1.15 bits per heavy atom. The highest BCUT2D eigenvalue weighted by Crippen LogP contribution is 2.58. The van der Waals surface area contributed by atoms with Gasteiger partial charge in [0.1, 0.15) is 5.60 Å². The van der Waals surface area contributed by atoms with E-state index in [-0.39, 0.29) is 18.4 Å². The molecule has 1 aliphatic carbocycles. The van der Waals surface area contributed by atoms with Gasteiger partial charge in [-0.1, -0.05) is 12.2 Å². The Labute approximate surface area is 157 Å². The van der Waals surface area contributed by atoms with E-state index in [0.29, 0.717) is 25.9 Å². The summed E-state index contributed by atoms with van der Waals surface area (Å²) in [6, 6.07) is 0. The first kappa shape index (κ1) is 21.3. The first-order chi connectivity index (χ1) is 12.3. The van der Waals surface area contributed by atoms with Crippen LogP contribution in [-0.2, 0) is 9.53 Å². The summed E-state index contributed by atoms with van der Waals surface area (Å²) < 4.78 is 44.5. The molecule has 27 heavy (non-hydrogen) atoms. The molecule has 0 aromatic rings. The maximum atomic E-state index is 13.0. The number of amides is 2. The van der Waals surface area contributed by atoms with E-state index in [0.717, 1.165) is 4.90 Å². The molecule has 2 fully saturated rings. The van der Waals surface area contributed by atoms with Gasteiger partial charge >= 0.3 is 18.2 Å². The lowest BCUT2D eigenvalue weighted by Crippen LogP contribution is -2.74. The van der Waals surface area contributed by atoms with Crippen LogP contribution in [0.1, 0.15) is 40.0 Å². The number of alkyl halides is 3. The zero-order chi connectivity index (χ0) is 20.7. The third-order valence-electron chi connectivity index (χ3n) is 5.01. The van der Waals surface area contributed by atoms with Crippen LogP contribution in [0.2, 0.25) is 0 Å². The van der Waals surface area contributed by atoms with E-state index >= 15 is 0 Å². The molecule has 1 saturated carbocycles. The molecule has 2 aliphatic rings. The van der Waals surface area contributed by atoms with Crippen molar-refractivity contribution < 1.29 is 27.5 Å². The van der Waals surface area contributed by atoms with E-state index < -0.39 is 29.3 Å². The van der Waals surface area contributed by atoms with Crippen molar-refractivity contribution in [2.24, 2.45) is 5.41 Å². The zero-order valence-electron chi connectivity index (χ0n) is 16.1. The van der Waals surface area contributed by atoms with Gasteiger partial charge in [0, 0.05) is 30.6 Å². The number of hydrogen-bond donors (Lipinski definition) is 0. The molecule has 1 spiro atoms. The normalized spacial score (nSPS) is 20.3. The van der Waals surface area contributed by atoms with E-state index in [2.05, 4.69) is 13.2 Å². The van der Waals surface area contributed by atoms with Gasteiger partial charge in [0.15, 0.2) is 0 Å². The van der Waals surface area contributed by atoms with Gasteiger partial charge in [0.05, 0.1) is 0 Å². The molecule has 2 amide bonds. The van der Waals surface area contributed by atoms with Crippen LogP contribution < -0.4 is 0 Å². The summed E-state index contributed by atoms with van der Waals surface area (Å²) in [5.74, 6) is -1.86. The topological polar surface area (TPSA) is 49.9 Å². The summed E-state index contributed by atoms with van der Waals surface area (Å²) in [5, 5.41) is 0. The second-order valence-electron chi connectivity index (χ2n) is 8.61. The lowest BCUT2D eigenvalue weighted by molar-refractivity contribution is -0.208. The van der Waals surface area contributed by atoms with E-state index in [1.165, 1.54) is 12.2 Å². The van der Waals surface area contributed by atoms with Crippen LogP contribution in [0.4, 0.5) is 18.0 Å². The van der Waals surface area contributed by atoms with E-state index in [4.69, 9.17) is 4.74 Å². The number of halogens is 3. The van der Waals surface area contributed by atoms with Crippen LogP contribution in [0.25, 0.3) is 0 Å². The van der Waals surface area contributed by atoms with Crippen LogP contribution >= 0.6 is 0 Å². The molecule has 1 aliphatic heterocycles. The smallest absolute Gasteiger partial charge is 0.444 e. The zero-order valence-corrected chi connectivity index (χ0v) is 16.1. The Balaban J connectivity index is 2.09. The Hall–Kier alpha value is -1.99. The fraction of sp³-hybridized carbons (Fsp3) is 0.684. The molecule has 5 nitrogen and oxygen atoms in total. The van der Waals surface area contributed by atoms with Crippen molar-refractivity contribution in [3.63, 3.8) is 0 Å². The van der Waals surface area contributed by atoms with Crippen LogP contribution in [0, 0.1) is 5.41 Å². The van der Waals surface area contributed by atoms with Crippen LogP contribution in [-0.4, -0.2) is 58.8 Å². The van der Waals surface area contributed by atoms with Crippen molar-refractivity contribution in [1.29, 1.82) is 0 Å². The molecule has 152 valence electrons. The van der Waals surface area contributed by atoms with Crippen LogP contribution in [0.3, 0.4) is 0 Å². The molecular weight excluding hydrogens is 361 g/mol. The predicted molar refractivity (Wildman–Crippen MR) is 95.0 cm³/mol. The van der Waals surface area contributed by atoms with Gasteiger partial charge in [-0.15, -0.1) is 13.2 Å². The summed E-state index contributed by atoms with van der Waals surface area (Å²) in [4.78, 5) is 26.5. The monoisotopic (exact) mass is 388 g/mol. The average molecular weight is 388 g/mol. The molecule has 0 N–H and O–H groups in total. The van der Waals surface area contributed by atoms with Crippen molar-refractivity contribution in [2.45, 2.75) is 57.3 Å². The fourth-order valence-electron chi connectivity index (χ4n) is 4.28. The number of hydrogen-bond acceptors (Lipinski definition) is 3. The molecule has 0 radical (unpaired) electrons. The van der Waals surface area contributed by atoms with Crippen LogP contribution in [0.15, 0.2) is 25.3 Å². The molecule has 0 aromatic heterocycles. The Morgan fingerprint density at radius 3 is 2.11 bits per heavy atom. The maximum absolute atomic E-state index is 13.0. The maximum Gasteiger partial charge on any atom is 0.471 e. The van der Waals surface area contributed by atoms with E-state index in [9.17, 15) is 22.8 Å². The Kier molecular flexibility index (Phi) is 5.42. The van der Waals surface area contributed by atoms with Gasteiger partial charge in [-0.05, 0) is 40.0 Å². The number of carbonyl (C=O) groups is 2. The van der Waals surface area contributed by atoms with Crippen molar-refractivity contribution >= 4 is 12.0 Å². The van der Waals surface area contributed by atoms with Crippen molar-refractivity contribution in [2.75, 3.05) is 19.6 Å². The standard InChI is InChI=1S/C19H27F3N2O3/c1-6-8-18(24(9-7-2)14(25)19(20,21)22)10-17(11-18)12-23(13-17)15(26)27-16(3,4)5/h6-7H,1-2,8-13H2,3-5H3. The molecular formula is C19H27F3N2O3. The lowest BCUT2D eigenvalue weighted by Gasteiger charge is -2.66. The molecule has 2 rings (SSSR count). The number of ether oxygens (including phenoxy) is 1.